The third-order valence-electron chi connectivity index (χ3n) is 2.69. The molecule has 116 valence electrons. The molecule has 2 rings (SSSR count). The summed E-state index contributed by atoms with van der Waals surface area (Å²) < 4.78 is 11.3. The van der Waals surface area contributed by atoms with Crippen LogP contribution < -0.4 is 15.6 Å². The van der Waals surface area contributed by atoms with Crippen molar-refractivity contribution in [3.63, 3.8) is 0 Å². The highest BCUT2D eigenvalue weighted by Gasteiger charge is 2.04. The summed E-state index contributed by atoms with van der Waals surface area (Å²) in [6.45, 7) is 2.54. The highest BCUT2D eigenvalue weighted by molar-refractivity contribution is 5.66. The Morgan fingerprint density at radius 2 is 2.09 bits per heavy atom. The van der Waals surface area contributed by atoms with Crippen LogP contribution in [-0.4, -0.2) is 35.6 Å². The number of hydrogen-bond acceptors (Lipinski definition) is 5. The number of ether oxygens (including phenoxy) is 2. The quantitative estimate of drug-likeness (QED) is 0.815. The first-order valence-corrected chi connectivity index (χ1v) is 6.89. The fourth-order valence-corrected chi connectivity index (χ4v) is 1.74. The second-order valence-corrected chi connectivity index (χ2v) is 4.27. The van der Waals surface area contributed by atoms with Crippen molar-refractivity contribution in [2.75, 3.05) is 19.8 Å². The summed E-state index contributed by atoms with van der Waals surface area (Å²) in [6, 6.07) is 10.5. The van der Waals surface area contributed by atoms with E-state index in [0.29, 0.717) is 18.0 Å². The smallest absolute Gasteiger partial charge is 0.407 e. The van der Waals surface area contributed by atoms with Gasteiger partial charge in [-0.3, -0.25) is 4.79 Å². The number of carbonyl (C=O) groups excluding carboxylic acids is 1. The average Bonchev–Trinajstić information content (AvgIpc) is 2.53. The maximum atomic E-state index is 12.0. The van der Waals surface area contributed by atoms with Crippen molar-refractivity contribution in [1.82, 2.24) is 15.1 Å². The van der Waals surface area contributed by atoms with Gasteiger partial charge in [0.25, 0.3) is 5.56 Å². The molecule has 7 nitrogen and oxygen atoms in total. The fraction of sp³-hybridized carbons (Fsp3) is 0.267. The molecular weight excluding hydrogens is 286 g/mol. The van der Waals surface area contributed by atoms with E-state index < -0.39 is 6.09 Å². The van der Waals surface area contributed by atoms with Crippen molar-refractivity contribution in [3.05, 3.63) is 52.9 Å². The van der Waals surface area contributed by atoms with Crippen LogP contribution in [-0.2, 0) is 4.74 Å². The summed E-state index contributed by atoms with van der Waals surface area (Å²) in [7, 11) is 0. The van der Waals surface area contributed by atoms with E-state index in [0.717, 1.165) is 0 Å². The van der Waals surface area contributed by atoms with Gasteiger partial charge in [0.2, 0.25) is 0 Å². The SMILES string of the molecule is CCOC(=O)NCCOc1cnn(-c2ccccc2)c(=O)c1. The molecular formula is C15H17N3O4. The van der Waals surface area contributed by atoms with Gasteiger partial charge < -0.3 is 14.8 Å². The van der Waals surface area contributed by atoms with Gasteiger partial charge in [-0.15, -0.1) is 0 Å². The largest absolute Gasteiger partial charge is 0.490 e. The molecule has 1 amide bonds. The summed E-state index contributed by atoms with van der Waals surface area (Å²) in [6.07, 6.45) is 0.961. The zero-order chi connectivity index (χ0) is 15.8. The van der Waals surface area contributed by atoms with Crippen LogP contribution in [0.2, 0.25) is 0 Å². The molecule has 0 saturated carbocycles. The Morgan fingerprint density at radius 1 is 1.32 bits per heavy atom. The summed E-state index contributed by atoms with van der Waals surface area (Å²) in [4.78, 5) is 23.1. The van der Waals surface area contributed by atoms with E-state index in [2.05, 4.69) is 10.4 Å². The normalized spacial score (nSPS) is 10.0. The van der Waals surface area contributed by atoms with E-state index in [-0.39, 0.29) is 18.7 Å². The summed E-state index contributed by atoms with van der Waals surface area (Å²) >= 11 is 0. The van der Waals surface area contributed by atoms with Gasteiger partial charge in [-0.25, -0.2) is 4.79 Å². The molecule has 2 aromatic rings. The Balaban J connectivity index is 1.90. The van der Waals surface area contributed by atoms with Gasteiger partial charge in [0.15, 0.2) is 0 Å². The van der Waals surface area contributed by atoms with E-state index in [1.54, 1.807) is 19.1 Å². The number of carbonyl (C=O) groups is 1. The second-order valence-electron chi connectivity index (χ2n) is 4.27. The molecule has 7 heteroatoms. The van der Waals surface area contributed by atoms with Crippen molar-refractivity contribution in [2.24, 2.45) is 0 Å². The molecule has 0 atom stereocenters. The summed E-state index contributed by atoms with van der Waals surface area (Å²) in [5, 5.41) is 6.57. The van der Waals surface area contributed by atoms with E-state index in [1.807, 2.05) is 18.2 Å². The van der Waals surface area contributed by atoms with Gasteiger partial charge in [-0.2, -0.15) is 9.78 Å². The number of amides is 1. The number of benzene rings is 1. The number of hydrogen-bond donors (Lipinski definition) is 1. The third-order valence-corrected chi connectivity index (χ3v) is 2.69. The second kappa shape index (κ2) is 7.82. The number of para-hydroxylation sites is 1. The maximum absolute atomic E-state index is 12.0. The number of nitrogens with one attached hydrogen (secondary N) is 1. The molecule has 22 heavy (non-hydrogen) atoms. The first-order valence-electron chi connectivity index (χ1n) is 6.89. The number of nitrogens with zero attached hydrogens (tertiary/aromatic N) is 2. The molecule has 1 aromatic carbocycles. The monoisotopic (exact) mass is 303 g/mol. The van der Waals surface area contributed by atoms with E-state index in [9.17, 15) is 9.59 Å². The lowest BCUT2D eigenvalue weighted by Crippen LogP contribution is -2.29. The van der Waals surface area contributed by atoms with E-state index in [4.69, 9.17) is 9.47 Å². The number of rotatable bonds is 6. The molecule has 1 aromatic heterocycles. The van der Waals surface area contributed by atoms with Crippen LogP contribution in [0.25, 0.3) is 5.69 Å². The molecule has 0 fully saturated rings. The van der Waals surface area contributed by atoms with Gasteiger partial charge in [0.1, 0.15) is 12.4 Å². The van der Waals surface area contributed by atoms with Gasteiger partial charge in [0.05, 0.1) is 25.0 Å². The molecule has 1 heterocycles. The summed E-state index contributed by atoms with van der Waals surface area (Å²) in [5.74, 6) is 0.350. The maximum Gasteiger partial charge on any atom is 0.407 e. The Labute approximate surface area is 127 Å². The molecule has 1 N–H and O–H groups in total. The molecule has 0 radical (unpaired) electrons. The van der Waals surface area contributed by atoms with Crippen LogP contribution in [0.5, 0.6) is 5.75 Å². The summed E-state index contributed by atoms with van der Waals surface area (Å²) in [5.41, 5.74) is 0.394. The van der Waals surface area contributed by atoms with Crippen LogP contribution in [0.15, 0.2) is 47.4 Å². The minimum absolute atomic E-state index is 0.218. The van der Waals surface area contributed by atoms with E-state index in [1.165, 1.54) is 16.9 Å². The fourth-order valence-electron chi connectivity index (χ4n) is 1.74. The molecule has 0 saturated heterocycles. The Morgan fingerprint density at radius 3 is 2.77 bits per heavy atom. The van der Waals surface area contributed by atoms with Crippen molar-refractivity contribution in [2.45, 2.75) is 6.92 Å². The third kappa shape index (κ3) is 4.34. The van der Waals surface area contributed by atoms with Crippen molar-refractivity contribution in [3.8, 4) is 11.4 Å². The molecule has 0 bridgehead atoms. The van der Waals surface area contributed by atoms with Gasteiger partial charge in [-0.1, -0.05) is 18.2 Å². The lowest BCUT2D eigenvalue weighted by Gasteiger charge is -2.08. The predicted octanol–water partition coefficient (Wildman–Crippen LogP) is 1.36. The standard InChI is InChI=1S/C15H17N3O4/c1-2-21-15(20)16-8-9-22-13-10-14(19)18(17-11-13)12-6-4-3-5-7-12/h3-7,10-11H,2,8-9H2,1H3,(H,16,20). The molecule has 0 spiro atoms. The highest BCUT2D eigenvalue weighted by atomic mass is 16.5. The van der Waals surface area contributed by atoms with Crippen molar-refractivity contribution in [1.29, 1.82) is 0 Å². The topological polar surface area (TPSA) is 82.4 Å². The Kier molecular flexibility index (Phi) is 5.53. The van der Waals surface area contributed by atoms with Gasteiger partial charge in [-0.05, 0) is 19.1 Å². The zero-order valence-electron chi connectivity index (χ0n) is 12.2. The van der Waals surface area contributed by atoms with E-state index >= 15 is 0 Å². The van der Waals surface area contributed by atoms with Crippen LogP contribution in [0.1, 0.15) is 6.92 Å². The van der Waals surface area contributed by atoms with Crippen molar-refractivity contribution < 1.29 is 14.3 Å². The zero-order valence-corrected chi connectivity index (χ0v) is 12.2. The first kappa shape index (κ1) is 15.6. The average molecular weight is 303 g/mol. The number of aromatic nitrogens is 2. The van der Waals surface area contributed by atoms with Crippen LogP contribution in [0, 0.1) is 0 Å². The molecule has 0 aliphatic carbocycles. The first-order chi connectivity index (χ1) is 10.7. The van der Waals surface area contributed by atoms with Crippen molar-refractivity contribution >= 4 is 6.09 Å². The molecule has 0 unspecified atom stereocenters. The minimum atomic E-state index is -0.497. The molecule has 0 aliphatic heterocycles. The van der Waals surface area contributed by atoms with Gasteiger partial charge >= 0.3 is 6.09 Å². The lowest BCUT2D eigenvalue weighted by atomic mass is 10.3. The number of alkyl carbamates (subject to hydrolysis) is 1. The highest BCUT2D eigenvalue weighted by Crippen LogP contribution is 2.06. The van der Waals surface area contributed by atoms with Crippen LogP contribution in [0.4, 0.5) is 4.79 Å². The Bertz CT molecular complexity index is 670. The predicted molar refractivity (Wildman–Crippen MR) is 80.4 cm³/mol. The lowest BCUT2D eigenvalue weighted by molar-refractivity contribution is 0.150. The van der Waals surface area contributed by atoms with Crippen LogP contribution in [0.3, 0.4) is 0 Å². The Hall–Kier alpha value is -2.83. The minimum Gasteiger partial charge on any atom is -0.490 e. The van der Waals surface area contributed by atoms with Gasteiger partial charge in [0, 0.05) is 6.07 Å². The molecule has 0 aliphatic rings. The van der Waals surface area contributed by atoms with Crippen LogP contribution >= 0.6 is 0 Å².